The zero-order chi connectivity index (χ0) is 15.6. The van der Waals surface area contributed by atoms with Crippen molar-refractivity contribution in [1.82, 2.24) is 9.88 Å². The number of amides is 1. The third kappa shape index (κ3) is 4.68. The van der Waals surface area contributed by atoms with Crippen LogP contribution in [0.25, 0.3) is 0 Å². The van der Waals surface area contributed by atoms with Crippen molar-refractivity contribution >= 4 is 17.4 Å². The summed E-state index contributed by atoms with van der Waals surface area (Å²) in [5, 5.41) is 3.13. The number of hydrogen-bond donors (Lipinski definition) is 1. The average molecular weight is 311 g/mol. The Kier molecular flexibility index (Phi) is 4.88. The maximum Gasteiger partial charge on any atom is 0.410 e. The van der Waals surface area contributed by atoms with E-state index in [0.29, 0.717) is 12.5 Å². The fourth-order valence-electron chi connectivity index (χ4n) is 2.54. The van der Waals surface area contributed by atoms with Gasteiger partial charge >= 0.3 is 6.09 Å². The Morgan fingerprint density at radius 1 is 1.62 bits per heavy atom. The predicted molar refractivity (Wildman–Crippen MR) is 84.4 cm³/mol. The molecule has 0 bridgehead atoms. The van der Waals surface area contributed by atoms with E-state index in [4.69, 9.17) is 10.5 Å². The third-order valence-electron chi connectivity index (χ3n) is 3.59. The summed E-state index contributed by atoms with van der Waals surface area (Å²) in [5.74, 6) is 0.319. The molecule has 2 N–H and O–H groups in total. The number of rotatable bonds is 3. The molecule has 1 aromatic rings. The van der Waals surface area contributed by atoms with Gasteiger partial charge in [0, 0.05) is 30.9 Å². The first-order valence-electron chi connectivity index (χ1n) is 7.39. The van der Waals surface area contributed by atoms with Crippen molar-refractivity contribution in [2.45, 2.75) is 52.2 Å². The van der Waals surface area contributed by atoms with Gasteiger partial charge in [0.1, 0.15) is 5.60 Å². The molecule has 1 aliphatic heterocycles. The monoisotopic (exact) mass is 311 g/mol. The second-order valence-corrected chi connectivity index (χ2v) is 7.76. The number of nitrogens with two attached hydrogens (primary N) is 1. The molecule has 0 saturated carbocycles. The fourth-order valence-corrected chi connectivity index (χ4v) is 3.16. The van der Waals surface area contributed by atoms with Crippen molar-refractivity contribution in [3.05, 3.63) is 16.1 Å². The van der Waals surface area contributed by atoms with Gasteiger partial charge in [-0.1, -0.05) is 0 Å². The number of carbonyl (C=O) groups is 1. The molecule has 6 heteroatoms. The molecule has 1 aliphatic rings. The summed E-state index contributed by atoms with van der Waals surface area (Å²) in [4.78, 5) is 18.3. The first kappa shape index (κ1) is 16.2. The van der Waals surface area contributed by atoms with E-state index in [-0.39, 0.29) is 12.1 Å². The summed E-state index contributed by atoms with van der Waals surface area (Å²) in [6.07, 6.45) is 1.47. The number of carbonyl (C=O) groups excluding carboxylic acids is 1. The van der Waals surface area contributed by atoms with Crippen molar-refractivity contribution in [1.29, 1.82) is 0 Å². The number of likely N-dealkylation sites (tertiary alicyclic amines) is 1. The molecule has 0 aliphatic carbocycles. The lowest BCUT2D eigenvalue weighted by Gasteiger charge is -2.25. The zero-order valence-corrected chi connectivity index (χ0v) is 14.1. The lowest BCUT2D eigenvalue weighted by atomic mass is 9.96. The van der Waals surface area contributed by atoms with E-state index in [1.54, 1.807) is 16.2 Å². The van der Waals surface area contributed by atoms with Gasteiger partial charge in [0.05, 0.1) is 10.7 Å². The minimum atomic E-state index is -0.449. The van der Waals surface area contributed by atoms with Crippen LogP contribution in [0, 0.1) is 12.8 Å². The Labute approximate surface area is 130 Å². The number of aromatic nitrogens is 1. The summed E-state index contributed by atoms with van der Waals surface area (Å²) in [6.45, 7) is 9.06. The molecule has 0 aromatic carbocycles. The van der Waals surface area contributed by atoms with Gasteiger partial charge in [0.25, 0.3) is 0 Å². The summed E-state index contributed by atoms with van der Waals surface area (Å²) < 4.78 is 5.41. The Bertz CT molecular complexity index is 495. The quantitative estimate of drug-likeness (QED) is 0.931. The van der Waals surface area contributed by atoms with Gasteiger partial charge in [-0.05, 0) is 40.0 Å². The molecule has 5 nitrogen and oxygen atoms in total. The summed E-state index contributed by atoms with van der Waals surface area (Å²) >= 11 is 1.65. The largest absolute Gasteiger partial charge is 0.444 e. The highest BCUT2D eigenvalue weighted by Crippen LogP contribution is 2.23. The van der Waals surface area contributed by atoms with Crippen LogP contribution in [-0.2, 0) is 11.2 Å². The molecule has 0 spiro atoms. The first-order valence-corrected chi connectivity index (χ1v) is 8.27. The zero-order valence-electron chi connectivity index (χ0n) is 13.3. The van der Waals surface area contributed by atoms with Crippen LogP contribution in [0.4, 0.5) is 4.79 Å². The first-order chi connectivity index (χ1) is 9.74. The normalized spacial score (nSPS) is 20.6. The Morgan fingerprint density at radius 2 is 2.33 bits per heavy atom. The van der Waals surface area contributed by atoms with Crippen LogP contribution in [0.15, 0.2) is 5.38 Å². The highest BCUT2D eigenvalue weighted by atomic mass is 32.1. The average Bonchev–Trinajstić information content (AvgIpc) is 2.96. The fraction of sp³-hybridized carbons (Fsp3) is 0.733. The van der Waals surface area contributed by atoms with Crippen molar-refractivity contribution in [3.63, 3.8) is 0 Å². The second kappa shape index (κ2) is 6.32. The van der Waals surface area contributed by atoms with Crippen molar-refractivity contribution < 1.29 is 9.53 Å². The SMILES string of the molecule is Cc1nc(CC(N)C2CCN(C(=O)OC(C)(C)C)C2)cs1. The second-order valence-electron chi connectivity index (χ2n) is 6.70. The molecule has 0 radical (unpaired) electrons. The molecule has 21 heavy (non-hydrogen) atoms. The van der Waals surface area contributed by atoms with Crippen molar-refractivity contribution in [3.8, 4) is 0 Å². The lowest BCUT2D eigenvalue weighted by Crippen LogP contribution is -2.38. The third-order valence-corrected chi connectivity index (χ3v) is 4.42. The lowest BCUT2D eigenvalue weighted by molar-refractivity contribution is 0.0286. The number of ether oxygens (including phenoxy) is 1. The standard InChI is InChI=1S/C15H25N3O2S/c1-10-17-12(9-21-10)7-13(16)11-5-6-18(8-11)14(19)20-15(2,3)4/h9,11,13H,5-8,16H2,1-4H3. The molecular weight excluding hydrogens is 286 g/mol. The number of thiazole rings is 1. The number of hydrogen-bond acceptors (Lipinski definition) is 5. The molecule has 2 rings (SSSR count). The van der Waals surface area contributed by atoms with Gasteiger partial charge in [-0.2, -0.15) is 0 Å². The topological polar surface area (TPSA) is 68.5 Å². The van der Waals surface area contributed by atoms with E-state index >= 15 is 0 Å². The van der Waals surface area contributed by atoms with E-state index in [1.165, 1.54) is 0 Å². The number of nitrogens with zero attached hydrogens (tertiary/aromatic N) is 2. The van der Waals surface area contributed by atoms with E-state index in [1.807, 2.05) is 27.7 Å². The van der Waals surface area contributed by atoms with Crippen LogP contribution in [-0.4, -0.2) is 40.7 Å². The molecule has 1 saturated heterocycles. The van der Waals surface area contributed by atoms with E-state index in [9.17, 15) is 4.79 Å². The van der Waals surface area contributed by atoms with Gasteiger partial charge in [0.15, 0.2) is 0 Å². The van der Waals surface area contributed by atoms with Crippen LogP contribution in [0.2, 0.25) is 0 Å². The molecule has 118 valence electrons. The predicted octanol–water partition coefficient (Wildman–Crippen LogP) is 2.58. The number of aryl methyl sites for hydroxylation is 1. The Morgan fingerprint density at radius 3 is 2.90 bits per heavy atom. The van der Waals surface area contributed by atoms with E-state index in [2.05, 4.69) is 10.4 Å². The summed E-state index contributed by atoms with van der Waals surface area (Å²) in [7, 11) is 0. The van der Waals surface area contributed by atoms with Crippen LogP contribution >= 0.6 is 11.3 Å². The minimum absolute atomic E-state index is 0.0407. The molecular formula is C15H25N3O2S. The highest BCUT2D eigenvalue weighted by Gasteiger charge is 2.32. The smallest absolute Gasteiger partial charge is 0.410 e. The maximum atomic E-state index is 12.0. The van der Waals surface area contributed by atoms with Gasteiger partial charge < -0.3 is 15.4 Å². The van der Waals surface area contributed by atoms with Crippen molar-refractivity contribution in [2.75, 3.05) is 13.1 Å². The van der Waals surface area contributed by atoms with Crippen LogP contribution in [0.3, 0.4) is 0 Å². The summed E-state index contributed by atoms with van der Waals surface area (Å²) in [6, 6.07) is 0.0407. The Balaban J connectivity index is 1.85. The van der Waals surface area contributed by atoms with E-state index in [0.717, 1.165) is 30.1 Å². The van der Waals surface area contributed by atoms with Crippen LogP contribution in [0.1, 0.15) is 37.9 Å². The van der Waals surface area contributed by atoms with E-state index < -0.39 is 5.60 Å². The molecule has 2 unspecified atom stereocenters. The molecule has 1 aromatic heterocycles. The molecule has 1 amide bonds. The van der Waals surface area contributed by atoms with Crippen LogP contribution in [0.5, 0.6) is 0 Å². The van der Waals surface area contributed by atoms with Gasteiger partial charge in [-0.15, -0.1) is 11.3 Å². The van der Waals surface area contributed by atoms with Crippen LogP contribution < -0.4 is 5.73 Å². The molecule has 2 atom stereocenters. The molecule has 1 fully saturated rings. The highest BCUT2D eigenvalue weighted by molar-refractivity contribution is 7.09. The van der Waals surface area contributed by atoms with Gasteiger partial charge in [-0.3, -0.25) is 0 Å². The van der Waals surface area contributed by atoms with Gasteiger partial charge in [0.2, 0.25) is 0 Å². The maximum absolute atomic E-state index is 12.0. The minimum Gasteiger partial charge on any atom is -0.444 e. The summed E-state index contributed by atoms with van der Waals surface area (Å²) in [5.41, 5.74) is 6.90. The Hall–Kier alpha value is -1.14. The van der Waals surface area contributed by atoms with Gasteiger partial charge in [-0.25, -0.2) is 9.78 Å². The molecule has 2 heterocycles. The van der Waals surface area contributed by atoms with Crippen molar-refractivity contribution in [2.24, 2.45) is 11.7 Å².